The highest BCUT2D eigenvalue weighted by molar-refractivity contribution is 6.08. The topological polar surface area (TPSA) is 109 Å². The van der Waals surface area contributed by atoms with Crippen LogP contribution in [0.1, 0.15) is 56.4 Å². The molecule has 0 spiro atoms. The summed E-state index contributed by atoms with van der Waals surface area (Å²) in [6, 6.07) is 5.17. The average Bonchev–Trinajstić information content (AvgIpc) is 3.51. The first kappa shape index (κ1) is 24.2. The van der Waals surface area contributed by atoms with Gasteiger partial charge >= 0.3 is 12.0 Å². The second kappa shape index (κ2) is 8.87. The number of hydrogen-bond donors (Lipinski definition) is 2. The fourth-order valence-electron chi connectivity index (χ4n) is 5.82. The van der Waals surface area contributed by atoms with Crippen LogP contribution < -0.4 is 15.0 Å². The van der Waals surface area contributed by atoms with Crippen LogP contribution in [0.3, 0.4) is 0 Å². The Morgan fingerprint density at radius 2 is 2.03 bits per heavy atom. The minimum absolute atomic E-state index is 0.0601. The maximum atomic E-state index is 15.0. The lowest BCUT2D eigenvalue weighted by molar-refractivity contribution is -0.137. The minimum atomic E-state index is -0.933. The van der Waals surface area contributed by atoms with Crippen molar-refractivity contribution in [2.45, 2.75) is 63.8 Å². The van der Waals surface area contributed by atoms with E-state index < -0.39 is 18.0 Å². The number of halogens is 1. The third kappa shape index (κ3) is 4.31. The van der Waals surface area contributed by atoms with Gasteiger partial charge in [-0.25, -0.2) is 14.2 Å². The molecule has 3 aliphatic rings. The number of nitrogens with one attached hydrogen (secondary N) is 1. The number of nitrogens with zero attached hydrogens (tertiary/aromatic N) is 2. The fraction of sp³-hybridized carbons (Fsp3) is 0.481. The van der Waals surface area contributed by atoms with Gasteiger partial charge in [0.05, 0.1) is 24.5 Å². The number of Topliss-reactive ketones (excluding diaryl/α,β-unsaturated/α-hetero) is 1. The van der Waals surface area contributed by atoms with E-state index in [0.717, 1.165) is 18.4 Å². The van der Waals surface area contributed by atoms with Crippen molar-refractivity contribution in [2.75, 3.05) is 17.3 Å². The molecule has 1 aromatic carbocycles. The number of urea groups is 1. The van der Waals surface area contributed by atoms with Crippen molar-refractivity contribution in [2.24, 2.45) is 11.8 Å². The molecule has 36 heavy (non-hydrogen) atoms. The second-order valence-electron chi connectivity index (χ2n) is 10.7. The number of hydrogen-bond acceptors (Lipinski definition) is 5. The van der Waals surface area contributed by atoms with Gasteiger partial charge in [-0.1, -0.05) is 13.8 Å². The van der Waals surface area contributed by atoms with Crippen LogP contribution >= 0.6 is 0 Å². The molecule has 1 fully saturated rings. The number of anilines is 2. The number of ether oxygens (including phenoxy) is 1. The number of rotatable bonds is 6. The Bertz CT molecular complexity index is 1260. The molecule has 2 aliphatic carbocycles. The van der Waals surface area contributed by atoms with E-state index in [2.05, 4.69) is 10.3 Å². The molecule has 9 heteroatoms. The van der Waals surface area contributed by atoms with E-state index in [1.165, 1.54) is 18.1 Å². The van der Waals surface area contributed by atoms with Crippen LogP contribution in [0.15, 0.2) is 24.3 Å². The highest BCUT2D eigenvalue weighted by Gasteiger charge is 2.49. The van der Waals surface area contributed by atoms with Crippen molar-refractivity contribution in [1.29, 1.82) is 0 Å². The van der Waals surface area contributed by atoms with Crippen LogP contribution in [0.4, 0.5) is 20.6 Å². The summed E-state index contributed by atoms with van der Waals surface area (Å²) in [5.74, 6) is -1.60. The molecular formula is C27H30FN3O5. The van der Waals surface area contributed by atoms with Crippen LogP contribution in [0.2, 0.25) is 0 Å². The third-order valence-electron chi connectivity index (χ3n) is 7.75. The van der Waals surface area contributed by atoms with Gasteiger partial charge in [-0.3, -0.25) is 14.5 Å². The van der Waals surface area contributed by atoms with Crippen molar-refractivity contribution in [3.8, 4) is 5.88 Å². The summed E-state index contributed by atoms with van der Waals surface area (Å²) in [6.45, 7) is 4.02. The molecule has 2 N–H and O–H groups in total. The minimum Gasteiger partial charge on any atom is -0.481 e. The molecule has 1 aliphatic heterocycles. The molecule has 5 rings (SSSR count). The normalized spacial score (nSPS) is 23.4. The lowest BCUT2D eigenvalue weighted by Crippen LogP contribution is -2.51. The number of carboxylic acids is 1. The molecule has 8 nitrogen and oxygen atoms in total. The first-order chi connectivity index (χ1) is 17.1. The van der Waals surface area contributed by atoms with Gasteiger partial charge in [-0.05, 0) is 72.8 Å². The number of pyridine rings is 1. The van der Waals surface area contributed by atoms with Crippen LogP contribution in [-0.4, -0.2) is 41.0 Å². The number of carbonyl (C=O) groups is 3. The molecule has 190 valence electrons. The highest BCUT2D eigenvalue weighted by atomic mass is 19.1. The Hall–Kier alpha value is -3.49. The van der Waals surface area contributed by atoms with Crippen molar-refractivity contribution < 1.29 is 28.6 Å². The Kier molecular flexibility index (Phi) is 5.97. The molecule has 2 heterocycles. The van der Waals surface area contributed by atoms with E-state index in [-0.39, 0.29) is 35.3 Å². The predicted molar refractivity (Wildman–Crippen MR) is 131 cm³/mol. The number of amides is 2. The molecular weight excluding hydrogens is 465 g/mol. The lowest BCUT2D eigenvalue weighted by atomic mass is 9.86. The Morgan fingerprint density at radius 3 is 2.75 bits per heavy atom. The van der Waals surface area contributed by atoms with Crippen LogP contribution in [0.5, 0.6) is 5.88 Å². The number of benzene rings is 1. The average molecular weight is 496 g/mol. The van der Waals surface area contributed by atoms with Crippen LogP contribution in [0.25, 0.3) is 0 Å². The van der Waals surface area contributed by atoms with Gasteiger partial charge in [0.15, 0.2) is 5.78 Å². The number of carboxylic acid groups (broad SMARTS) is 1. The summed E-state index contributed by atoms with van der Waals surface area (Å²) >= 11 is 0. The quantitative estimate of drug-likeness (QED) is 0.611. The summed E-state index contributed by atoms with van der Waals surface area (Å²) in [5.41, 5.74) is 2.77. The van der Waals surface area contributed by atoms with E-state index in [9.17, 15) is 14.4 Å². The Morgan fingerprint density at radius 1 is 1.25 bits per heavy atom. The van der Waals surface area contributed by atoms with E-state index in [0.29, 0.717) is 47.8 Å². The molecule has 0 bridgehead atoms. The van der Waals surface area contributed by atoms with Crippen LogP contribution in [0, 0.1) is 17.7 Å². The lowest BCUT2D eigenvalue weighted by Gasteiger charge is -2.36. The number of fused-ring (bicyclic) bond motifs is 2. The molecule has 3 atom stereocenters. The Balaban J connectivity index is 1.45. The standard InChI is InChI=1S/C27H30FN3O5/c1-27(2)9-8-14-10-16(13-18(28)24(14)27)29-26(35)31-20-6-7-22(36-3)30-19(20)4-5-21(31)25(34)17-11-15(17)12-23(32)33/h6-7,10,13,15,17,21H,4-5,8-9,11-12H2,1-3H3,(H,29,35)(H,32,33)/t15-,17+,21?/m1/s1. The SMILES string of the molecule is COc1ccc2c(n1)CCC(C(=O)[C@H]1C[C@@H]1CC(=O)O)N2C(=O)Nc1cc(F)c2c(c1)CCC2(C)C. The fourth-order valence-corrected chi connectivity index (χ4v) is 5.82. The highest BCUT2D eigenvalue weighted by Crippen LogP contribution is 2.45. The van der Waals surface area contributed by atoms with Gasteiger partial charge in [0.25, 0.3) is 0 Å². The number of aliphatic carboxylic acids is 1. The van der Waals surface area contributed by atoms with Crippen molar-refractivity contribution in [3.63, 3.8) is 0 Å². The molecule has 1 unspecified atom stereocenters. The first-order valence-corrected chi connectivity index (χ1v) is 12.3. The smallest absolute Gasteiger partial charge is 0.327 e. The zero-order valence-electron chi connectivity index (χ0n) is 20.6. The van der Waals surface area contributed by atoms with Gasteiger partial charge in [0, 0.05) is 24.1 Å². The van der Waals surface area contributed by atoms with Crippen LogP contribution in [-0.2, 0) is 27.8 Å². The summed E-state index contributed by atoms with van der Waals surface area (Å²) < 4.78 is 20.3. The van der Waals surface area contributed by atoms with Gasteiger partial charge in [0.1, 0.15) is 5.82 Å². The van der Waals surface area contributed by atoms with E-state index in [1.807, 2.05) is 19.9 Å². The Labute approximate surface area is 208 Å². The summed E-state index contributed by atoms with van der Waals surface area (Å²) in [4.78, 5) is 44.0. The van der Waals surface area contributed by atoms with Gasteiger partial charge in [-0.2, -0.15) is 0 Å². The van der Waals surface area contributed by atoms with Gasteiger partial charge in [-0.15, -0.1) is 0 Å². The van der Waals surface area contributed by atoms with E-state index in [4.69, 9.17) is 9.84 Å². The second-order valence-corrected chi connectivity index (χ2v) is 10.7. The zero-order chi connectivity index (χ0) is 25.8. The molecule has 0 saturated heterocycles. The molecule has 1 aromatic heterocycles. The molecule has 0 radical (unpaired) electrons. The monoisotopic (exact) mass is 495 g/mol. The zero-order valence-corrected chi connectivity index (χ0v) is 20.6. The largest absolute Gasteiger partial charge is 0.481 e. The summed E-state index contributed by atoms with van der Waals surface area (Å²) in [5, 5.41) is 11.9. The van der Waals surface area contributed by atoms with Gasteiger partial charge < -0.3 is 15.2 Å². The van der Waals surface area contributed by atoms with E-state index >= 15 is 4.39 Å². The molecule has 2 aromatic rings. The summed E-state index contributed by atoms with van der Waals surface area (Å²) in [6.07, 6.45) is 2.85. The van der Waals surface area contributed by atoms with Crippen molar-refractivity contribution >= 4 is 29.2 Å². The number of aromatic nitrogens is 1. The first-order valence-electron chi connectivity index (χ1n) is 12.3. The number of carbonyl (C=O) groups excluding carboxylic acids is 2. The predicted octanol–water partition coefficient (Wildman–Crippen LogP) is 4.49. The van der Waals surface area contributed by atoms with Gasteiger partial charge in [0.2, 0.25) is 5.88 Å². The van der Waals surface area contributed by atoms with Crippen molar-refractivity contribution in [1.82, 2.24) is 4.98 Å². The number of aryl methyl sites for hydroxylation is 2. The number of methoxy groups -OCH3 is 1. The summed E-state index contributed by atoms with van der Waals surface area (Å²) in [7, 11) is 1.51. The van der Waals surface area contributed by atoms with Crippen molar-refractivity contribution in [3.05, 3.63) is 46.9 Å². The third-order valence-corrected chi connectivity index (χ3v) is 7.75. The maximum absolute atomic E-state index is 15.0. The molecule has 1 saturated carbocycles. The maximum Gasteiger partial charge on any atom is 0.327 e. The van der Waals surface area contributed by atoms with E-state index in [1.54, 1.807) is 12.1 Å². The molecule has 2 amide bonds. The number of ketones is 1.